The van der Waals surface area contributed by atoms with Crippen molar-refractivity contribution in [2.45, 2.75) is 38.1 Å². The topological polar surface area (TPSA) is 73.9 Å². The second-order valence-corrected chi connectivity index (χ2v) is 5.93. The number of hydrogen-bond acceptors (Lipinski definition) is 5. The van der Waals surface area contributed by atoms with Crippen molar-refractivity contribution >= 4 is 12.4 Å². The highest BCUT2D eigenvalue weighted by molar-refractivity contribution is 5.82. The monoisotopic (exact) mass is 331 g/mol. The molecule has 0 aromatic heterocycles. The Morgan fingerprint density at radius 1 is 1.17 bits per heavy atom. The van der Waals surface area contributed by atoms with Crippen molar-refractivity contribution < 1.29 is 23.8 Å². The van der Waals surface area contributed by atoms with Gasteiger partial charge in [0.15, 0.2) is 12.1 Å². The third-order valence-electron chi connectivity index (χ3n) is 4.38. The lowest BCUT2D eigenvalue weighted by Crippen LogP contribution is -2.34. The zero-order valence-electron chi connectivity index (χ0n) is 13.5. The molecule has 1 heterocycles. The molecule has 128 valence electrons. The van der Waals surface area contributed by atoms with Crippen LogP contribution >= 0.6 is 0 Å². The molecule has 1 saturated heterocycles. The van der Waals surface area contributed by atoms with Crippen LogP contribution in [0, 0.1) is 0 Å². The number of ether oxygens (including phenoxy) is 3. The Labute approximate surface area is 140 Å². The molecule has 1 saturated carbocycles. The molecule has 6 nitrogen and oxygen atoms in total. The largest absolute Gasteiger partial charge is 0.444 e. The molecule has 0 bridgehead atoms. The first-order chi connectivity index (χ1) is 11.7. The summed E-state index contributed by atoms with van der Waals surface area (Å²) in [4.78, 5) is 23.2. The summed E-state index contributed by atoms with van der Waals surface area (Å²) < 4.78 is 16.5. The average Bonchev–Trinajstić information content (AvgIpc) is 3.08. The lowest BCUT2D eigenvalue weighted by Gasteiger charge is -2.33. The molecule has 3 rings (SSSR count). The molecule has 6 heteroatoms. The van der Waals surface area contributed by atoms with Gasteiger partial charge in [-0.3, -0.25) is 10.1 Å². The fraction of sp³-hybridized carbons (Fsp3) is 0.444. The molecule has 1 aromatic carbocycles. The van der Waals surface area contributed by atoms with Crippen molar-refractivity contribution in [1.82, 2.24) is 5.32 Å². The molecule has 1 aliphatic heterocycles. The number of nitrogens with one attached hydrogen (secondary N) is 1. The van der Waals surface area contributed by atoms with E-state index in [9.17, 15) is 9.59 Å². The summed E-state index contributed by atoms with van der Waals surface area (Å²) in [5.41, 5.74) is 2.09. The Morgan fingerprint density at radius 3 is 2.46 bits per heavy atom. The van der Waals surface area contributed by atoms with Gasteiger partial charge in [-0.1, -0.05) is 30.3 Å². The summed E-state index contributed by atoms with van der Waals surface area (Å²) in [5.74, 6) is -0.495. The van der Waals surface area contributed by atoms with E-state index in [4.69, 9.17) is 14.2 Å². The zero-order valence-corrected chi connectivity index (χ0v) is 13.5. The highest BCUT2D eigenvalue weighted by atomic mass is 16.7. The number of hydrogen-bond donors (Lipinski definition) is 1. The minimum Gasteiger partial charge on any atom is -0.444 e. The minimum absolute atomic E-state index is 0.166. The van der Waals surface area contributed by atoms with Crippen molar-refractivity contribution in [2.24, 2.45) is 0 Å². The maximum Gasteiger partial charge on any atom is 0.412 e. The number of alkyl carbamates (subject to hydrolysis) is 1. The first-order valence-corrected chi connectivity index (χ1v) is 8.14. The normalized spacial score (nSPS) is 19.1. The zero-order chi connectivity index (χ0) is 16.8. The van der Waals surface area contributed by atoms with Crippen LogP contribution in [0.2, 0.25) is 0 Å². The summed E-state index contributed by atoms with van der Waals surface area (Å²) in [6.07, 6.45) is 2.76. The van der Waals surface area contributed by atoms with E-state index in [0.29, 0.717) is 50.9 Å². The number of carbonyl (C=O) groups is 2. The average molecular weight is 331 g/mol. The van der Waals surface area contributed by atoms with Crippen molar-refractivity contribution in [1.29, 1.82) is 0 Å². The number of carbonyl (C=O) groups excluding carboxylic acids is 2. The molecule has 1 spiro atoms. The highest BCUT2D eigenvalue weighted by Crippen LogP contribution is 2.38. The third kappa shape index (κ3) is 4.01. The highest BCUT2D eigenvalue weighted by Gasteiger charge is 2.39. The molecular weight excluding hydrogens is 310 g/mol. The molecule has 2 fully saturated rings. The van der Waals surface area contributed by atoms with E-state index in [1.165, 1.54) is 0 Å². The van der Waals surface area contributed by atoms with Gasteiger partial charge in [-0.2, -0.15) is 0 Å². The SMILES string of the molecule is O=CC(NC(=O)OCc1ccccc1)=C1CCC2(CC1)OCCO2. The Balaban J connectivity index is 1.54. The van der Waals surface area contributed by atoms with Crippen molar-refractivity contribution in [3.63, 3.8) is 0 Å². The van der Waals surface area contributed by atoms with Gasteiger partial charge >= 0.3 is 6.09 Å². The Bertz CT molecular complexity index is 608. The van der Waals surface area contributed by atoms with Gasteiger partial charge < -0.3 is 14.2 Å². The van der Waals surface area contributed by atoms with Gasteiger partial charge in [0.05, 0.1) is 18.9 Å². The predicted octanol–water partition coefficient (Wildman–Crippen LogP) is 2.68. The number of aldehydes is 1. The fourth-order valence-corrected chi connectivity index (χ4v) is 3.06. The second-order valence-electron chi connectivity index (χ2n) is 5.93. The van der Waals surface area contributed by atoms with E-state index in [1.807, 2.05) is 30.3 Å². The van der Waals surface area contributed by atoms with E-state index in [2.05, 4.69) is 5.32 Å². The fourth-order valence-electron chi connectivity index (χ4n) is 3.06. The van der Waals surface area contributed by atoms with Crippen molar-refractivity contribution in [2.75, 3.05) is 13.2 Å². The van der Waals surface area contributed by atoms with Crippen molar-refractivity contribution in [3.05, 3.63) is 47.2 Å². The summed E-state index contributed by atoms with van der Waals surface area (Å²) in [7, 11) is 0. The van der Waals surface area contributed by atoms with Crippen LogP contribution in [0.4, 0.5) is 4.79 Å². The van der Waals surface area contributed by atoms with E-state index in [0.717, 1.165) is 11.1 Å². The summed E-state index contributed by atoms with van der Waals surface area (Å²) in [5, 5.41) is 2.55. The molecule has 1 aromatic rings. The van der Waals surface area contributed by atoms with Crippen LogP contribution in [0.5, 0.6) is 0 Å². The molecule has 0 radical (unpaired) electrons. The van der Waals surface area contributed by atoms with Gasteiger partial charge in [0.2, 0.25) is 0 Å². The van der Waals surface area contributed by atoms with Gasteiger partial charge in [-0.05, 0) is 24.0 Å². The van der Waals surface area contributed by atoms with Gasteiger partial charge in [0.1, 0.15) is 6.61 Å². The molecule has 0 unspecified atom stereocenters. The van der Waals surface area contributed by atoms with E-state index >= 15 is 0 Å². The maximum atomic E-state index is 11.9. The van der Waals surface area contributed by atoms with Gasteiger partial charge in [-0.25, -0.2) is 4.79 Å². The smallest absolute Gasteiger partial charge is 0.412 e. The van der Waals surface area contributed by atoms with Crippen LogP contribution in [0.3, 0.4) is 0 Å². The lowest BCUT2D eigenvalue weighted by atomic mass is 9.88. The number of amides is 1. The molecule has 1 amide bonds. The molecule has 2 aliphatic rings. The Morgan fingerprint density at radius 2 is 1.83 bits per heavy atom. The first kappa shape index (κ1) is 16.7. The molecule has 24 heavy (non-hydrogen) atoms. The van der Waals surface area contributed by atoms with Gasteiger partial charge in [0, 0.05) is 12.8 Å². The lowest BCUT2D eigenvalue weighted by molar-refractivity contribution is -0.171. The Kier molecular flexibility index (Phi) is 5.27. The second kappa shape index (κ2) is 7.59. The molecule has 0 atom stereocenters. The van der Waals surface area contributed by atoms with E-state index in [-0.39, 0.29) is 6.61 Å². The van der Waals surface area contributed by atoms with E-state index in [1.54, 1.807) is 0 Å². The van der Waals surface area contributed by atoms with Crippen LogP contribution in [-0.2, 0) is 25.6 Å². The number of allylic oxidation sites excluding steroid dienone is 2. The summed E-state index contributed by atoms with van der Waals surface area (Å²) >= 11 is 0. The van der Waals surface area contributed by atoms with Crippen LogP contribution in [0.1, 0.15) is 31.2 Å². The molecule has 1 aliphatic carbocycles. The third-order valence-corrected chi connectivity index (χ3v) is 4.38. The van der Waals surface area contributed by atoms with Gasteiger partial charge in [-0.15, -0.1) is 0 Å². The summed E-state index contributed by atoms with van der Waals surface area (Å²) in [6.45, 7) is 1.40. The van der Waals surface area contributed by atoms with E-state index < -0.39 is 11.9 Å². The van der Waals surface area contributed by atoms with Gasteiger partial charge in [0.25, 0.3) is 0 Å². The predicted molar refractivity (Wildman–Crippen MR) is 86.0 cm³/mol. The standard InChI is InChI=1S/C18H21NO5/c20-12-16(15-6-8-18(9-7-15)23-10-11-24-18)19-17(21)22-13-14-4-2-1-3-5-14/h1-5,12H,6-11,13H2,(H,19,21). The first-order valence-electron chi connectivity index (χ1n) is 8.14. The number of rotatable bonds is 4. The molecule has 1 N–H and O–H groups in total. The molecular formula is C18H21NO5. The quantitative estimate of drug-likeness (QED) is 0.678. The number of benzene rings is 1. The van der Waals surface area contributed by atoms with Crippen LogP contribution < -0.4 is 5.32 Å². The van der Waals surface area contributed by atoms with Crippen LogP contribution in [0.25, 0.3) is 0 Å². The maximum absolute atomic E-state index is 11.9. The van der Waals surface area contributed by atoms with Crippen LogP contribution in [-0.4, -0.2) is 31.4 Å². The summed E-state index contributed by atoms with van der Waals surface area (Å²) in [6, 6.07) is 9.39. The minimum atomic E-state index is -0.623. The Hall–Kier alpha value is -2.18. The van der Waals surface area contributed by atoms with Crippen LogP contribution in [0.15, 0.2) is 41.6 Å². The van der Waals surface area contributed by atoms with Crippen molar-refractivity contribution in [3.8, 4) is 0 Å².